The first-order valence-electron chi connectivity index (χ1n) is 11.3. The zero-order valence-electron chi connectivity index (χ0n) is 19.2. The van der Waals surface area contributed by atoms with Gasteiger partial charge < -0.3 is 15.1 Å². The van der Waals surface area contributed by atoms with Crippen molar-refractivity contribution < 1.29 is 4.79 Å². The van der Waals surface area contributed by atoms with Gasteiger partial charge in [0.25, 0.3) is 5.91 Å². The second kappa shape index (κ2) is 9.70. The molecule has 172 valence electrons. The predicted octanol–water partition coefficient (Wildman–Crippen LogP) is 4.58. The summed E-state index contributed by atoms with van der Waals surface area (Å²) in [6.45, 7) is 5.82. The van der Waals surface area contributed by atoms with Gasteiger partial charge in [0.1, 0.15) is 9.88 Å². The molecule has 1 saturated heterocycles. The van der Waals surface area contributed by atoms with Crippen LogP contribution in [0.5, 0.6) is 0 Å². The van der Waals surface area contributed by atoms with Crippen molar-refractivity contribution in [2.75, 3.05) is 43.4 Å². The molecule has 0 unspecified atom stereocenters. The molecular formula is C26H26N6OS. The first kappa shape index (κ1) is 22.2. The second-order valence-corrected chi connectivity index (χ2v) is 9.40. The van der Waals surface area contributed by atoms with Crippen molar-refractivity contribution in [3.05, 3.63) is 77.3 Å². The van der Waals surface area contributed by atoms with Gasteiger partial charge in [0.15, 0.2) is 5.82 Å². The van der Waals surface area contributed by atoms with Gasteiger partial charge in [-0.1, -0.05) is 42.5 Å². The highest BCUT2D eigenvalue weighted by Crippen LogP contribution is 2.29. The molecule has 0 spiro atoms. The Balaban J connectivity index is 1.30. The fourth-order valence-corrected chi connectivity index (χ4v) is 4.91. The number of amides is 1. The normalized spacial score (nSPS) is 14.2. The Morgan fingerprint density at radius 3 is 2.41 bits per heavy atom. The number of hydrogen-bond acceptors (Lipinski definition) is 7. The molecule has 3 heterocycles. The zero-order chi connectivity index (χ0) is 23.5. The molecular weight excluding hydrogens is 444 g/mol. The summed E-state index contributed by atoms with van der Waals surface area (Å²) in [5.74, 6) is 0.738. The first-order valence-corrected chi connectivity index (χ1v) is 12.1. The molecule has 0 bridgehead atoms. The minimum Gasteiger partial charge on any atom is -0.353 e. The maximum atomic E-state index is 13.0. The molecule has 0 radical (unpaired) electrons. The van der Waals surface area contributed by atoms with Gasteiger partial charge in [0.2, 0.25) is 0 Å². The average Bonchev–Trinajstić information content (AvgIpc) is 3.27. The number of piperazine rings is 1. The van der Waals surface area contributed by atoms with Crippen LogP contribution in [-0.2, 0) is 0 Å². The molecule has 1 aliphatic rings. The number of likely N-dealkylation sites (N-methyl/N-ethyl adjacent to an activating group) is 1. The van der Waals surface area contributed by atoms with Gasteiger partial charge >= 0.3 is 0 Å². The monoisotopic (exact) mass is 470 g/mol. The minimum atomic E-state index is -0.161. The third-order valence-corrected chi connectivity index (χ3v) is 7.12. The van der Waals surface area contributed by atoms with E-state index in [1.165, 1.54) is 11.3 Å². The Morgan fingerprint density at radius 2 is 1.68 bits per heavy atom. The Hall–Kier alpha value is -3.62. The number of aryl methyl sites for hydroxylation is 1. The Kier molecular flexibility index (Phi) is 6.33. The predicted molar refractivity (Wildman–Crippen MR) is 137 cm³/mol. The summed E-state index contributed by atoms with van der Waals surface area (Å²) in [7, 11) is 2.14. The fourth-order valence-electron chi connectivity index (χ4n) is 3.94. The third kappa shape index (κ3) is 4.83. The highest BCUT2D eigenvalue weighted by Gasteiger charge is 2.18. The van der Waals surface area contributed by atoms with Crippen LogP contribution < -0.4 is 10.2 Å². The van der Waals surface area contributed by atoms with E-state index in [2.05, 4.69) is 37.3 Å². The van der Waals surface area contributed by atoms with Crippen molar-refractivity contribution >= 4 is 28.7 Å². The quantitative estimate of drug-likeness (QED) is 0.460. The van der Waals surface area contributed by atoms with Gasteiger partial charge in [-0.05, 0) is 38.2 Å². The van der Waals surface area contributed by atoms with E-state index in [4.69, 9.17) is 0 Å². The second-order valence-electron chi connectivity index (χ2n) is 8.40. The van der Waals surface area contributed by atoms with Crippen molar-refractivity contribution in [1.29, 1.82) is 0 Å². The van der Waals surface area contributed by atoms with Gasteiger partial charge in [-0.3, -0.25) is 4.79 Å². The molecule has 0 atom stereocenters. The van der Waals surface area contributed by atoms with Gasteiger partial charge in [-0.2, -0.15) is 0 Å². The molecule has 8 heteroatoms. The van der Waals surface area contributed by atoms with Crippen LogP contribution in [0.15, 0.2) is 66.7 Å². The molecule has 1 N–H and O–H groups in total. The highest BCUT2D eigenvalue weighted by molar-refractivity contribution is 7.17. The standard InChI is InChI=1S/C26H26N6OS/c1-18-24(34-26(27-18)19-7-4-3-5-8-19)25(33)28-21-10-6-9-20(17-21)22-11-12-23(30-29-22)32-15-13-31(2)14-16-32/h3-12,17H,13-16H2,1-2H3,(H,28,33). The van der Waals surface area contributed by atoms with E-state index < -0.39 is 0 Å². The molecule has 1 aliphatic heterocycles. The first-order chi connectivity index (χ1) is 16.6. The lowest BCUT2D eigenvalue weighted by Crippen LogP contribution is -2.44. The molecule has 5 rings (SSSR count). The number of carbonyl (C=O) groups is 1. The lowest BCUT2D eigenvalue weighted by atomic mass is 10.1. The third-order valence-electron chi connectivity index (χ3n) is 5.92. The van der Waals surface area contributed by atoms with Gasteiger partial charge in [-0.15, -0.1) is 21.5 Å². The van der Waals surface area contributed by atoms with Crippen LogP contribution in [0.4, 0.5) is 11.5 Å². The summed E-state index contributed by atoms with van der Waals surface area (Å²) in [6, 6.07) is 21.6. The summed E-state index contributed by atoms with van der Waals surface area (Å²) in [6.07, 6.45) is 0. The van der Waals surface area contributed by atoms with E-state index >= 15 is 0 Å². The number of nitrogens with zero attached hydrogens (tertiary/aromatic N) is 5. The number of thiazole rings is 1. The van der Waals surface area contributed by atoms with E-state index in [0.717, 1.165) is 59.5 Å². The topological polar surface area (TPSA) is 74.2 Å². The lowest BCUT2D eigenvalue weighted by molar-refractivity contribution is 0.103. The maximum absolute atomic E-state index is 13.0. The van der Waals surface area contributed by atoms with Crippen LogP contribution >= 0.6 is 11.3 Å². The van der Waals surface area contributed by atoms with Gasteiger partial charge in [-0.25, -0.2) is 4.98 Å². The summed E-state index contributed by atoms with van der Waals surface area (Å²) in [4.78, 5) is 22.8. The molecule has 1 fully saturated rings. The van der Waals surface area contributed by atoms with Crippen molar-refractivity contribution in [3.8, 4) is 21.8 Å². The summed E-state index contributed by atoms with van der Waals surface area (Å²) in [5, 5.41) is 12.7. The van der Waals surface area contributed by atoms with E-state index in [9.17, 15) is 4.79 Å². The molecule has 2 aromatic heterocycles. The number of benzene rings is 2. The lowest BCUT2D eigenvalue weighted by Gasteiger charge is -2.32. The molecule has 2 aromatic carbocycles. The van der Waals surface area contributed by atoms with Crippen LogP contribution in [0, 0.1) is 6.92 Å². The summed E-state index contributed by atoms with van der Waals surface area (Å²) >= 11 is 1.40. The Labute approximate surface area is 203 Å². The fraction of sp³-hybridized carbons (Fsp3) is 0.231. The number of rotatable bonds is 5. The zero-order valence-corrected chi connectivity index (χ0v) is 20.0. The molecule has 1 amide bonds. The highest BCUT2D eigenvalue weighted by atomic mass is 32.1. The van der Waals surface area contributed by atoms with E-state index in [1.807, 2.05) is 73.7 Å². The minimum absolute atomic E-state index is 0.161. The van der Waals surface area contributed by atoms with Crippen molar-refractivity contribution in [3.63, 3.8) is 0 Å². The summed E-state index contributed by atoms with van der Waals surface area (Å²) < 4.78 is 0. The van der Waals surface area contributed by atoms with Crippen molar-refractivity contribution in [2.24, 2.45) is 0 Å². The van der Waals surface area contributed by atoms with Crippen LogP contribution in [-0.4, -0.2) is 59.2 Å². The molecule has 7 nitrogen and oxygen atoms in total. The van der Waals surface area contributed by atoms with Crippen molar-refractivity contribution in [1.82, 2.24) is 20.1 Å². The molecule has 4 aromatic rings. The largest absolute Gasteiger partial charge is 0.353 e. The Bertz CT molecular complexity index is 1280. The number of nitrogens with one attached hydrogen (secondary N) is 1. The van der Waals surface area contributed by atoms with Crippen LogP contribution in [0.1, 0.15) is 15.4 Å². The van der Waals surface area contributed by atoms with E-state index in [0.29, 0.717) is 10.6 Å². The smallest absolute Gasteiger partial charge is 0.267 e. The van der Waals surface area contributed by atoms with Crippen LogP contribution in [0.2, 0.25) is 0 Å². The number of hydrogen-bond donors (Lipinski definition) is 1. The molecule has 0 saturated carbocycles. The number of carbonyl (C=O) groups excluding carboxylic acids is 1. The Morgan fingerprint density at radius 1 is 0.912 bits per heavy atom. The molecule has 34 heavy (non-hydrogen) atoms. The van der Waals surface area contributed by atoms with Crippen LogP contribution in [0.25, 0.3) is 21.8 Å². The van der Waals surface area contributed by atoms with Gasteiger partial charge in [0, 0.05) is 43.0 Å². The van der Waals surface area contributed by atoms with Gasteiger partial charge in [0.05, 0.1) is 11.4 Å². The maximum Gasteiger partial charge on any atom is 0.267 e. The van der Waals surface area contributed by atoms with Crippen molar-refractivity contribution in [2.45, 2.75) is 6.92 Å². The number of aromatic nitrogens is 3. The molecule has 0 aliphatic carbocycles. The summed E-state index contributed by atoms with van der Waals surface area (Å²) in [5.41, 5.74) is 4.12. The van der Waals surface area contributed by atoms with E-state index in [1.54, 1.807) is 0 Å². The van der Waals surface area contributed by atoms with E-state index in [-0.39, 0.29) is 5.91 Å². The number of anilines is 2. The SMILES string of the molecule is Cc1nc(-c2ccccc2)sc1C(=O)Nc1cccc(-c2ccc(N3CCN(C)CC3)nn2)c1. The average molecular weight is 471 g/mol. The van der Waals surface area contributed by atoms with Crippen LogP contribution in [0.3, 0.4) is 0 Å².